The number of hydrogen-bond acceptors (Lipinski definition) is 5. The summed E-state index contributed by atoms with van der Waals surface area (Å²) >= 11 is 0. The number of benzene rings is 1. The molecule has 1 fully saturated rings. The number of esters is 1. The Bertz CT molecular complexity index is 1040. The Morgan fingerprint density at radius 3 is 2.63 bits per heavy atom. The standard InChI is InChI=1S/C24H26N2O4/c1-5-9-15(6-2)22(27)25-21-18(16-10-8-11-16)13-12-17-14-19(24(28)30-7-3)23(29-4)26-20(17)21/h5-6,9,12-14,16H,1-2,7-8,10-11H2,3-4H3,(H,25,27)/b15-9+. The summed E-state index contributed by atoms with van der Waals surface area (Å²) < 4.78 is 10.5. The van der Waals surface area contributed by atoms with E-state index in [-0.39, 0.29) is 24.0 Å². The fraction of sp³-hybridized carbons (Fsp3) is 0.292. The molecule has 1 aliphatic rings. The number of allylic oxidation sites excluding steroid dienone is 2. The number of aromatic nitrogens is 1. The lowest BCUT2D eigenvalue weighted by molar-refractivity contribution is -0.112. The molecule has 3 rings (SSSR count). The molecule has 156 valence electrons. The molecule has 0 atom stereocenters. The molecular formula is C24H26N2O4. The van der Waals surface area contributed by atoms with Crippen molar-refractivity contribution in [2.75, 3.05) is 19.0 Å². The van der Waals surface area contributed by atoms with Crippen LogP contribution in [-0.2, 0) is 9.53 Å². The van der Waals surface area contributed by atoms with Crippen LogP contribution in [0.5, 0.6) is 5.88 Å². The van der Waals surface area contributed by atoms with Gasteiger partial charge in [-0.15, -0.1) is 0 Å². The lowest BCUT2D eigenvalue weighted by Crippen LogP contribution is -2.18. The van der Waals surface area contributed by atoms with Crippen molar-refractivity contribution in [3.05, 3.63) is 66.3 Å². The Balaban J connectivity index is 2.17. The van der Waals surface area contributed by atoms with Crippen LogP contribution in [0.1, 0.15) is 48.0 Å². The molecule has 6 nitrogen and oxygen atoms in total. The fourth-order valence-corrected chi connectivity index (χ4v) is 3.49. The van der Waals surface area contributed by atoms with Crippen molar-refractivity contribution in [1.82, 2.24) is 4.98 Å². The summed E-state index contributed by atoms with van der Waals surface area (Å²) in [7, 11) is 1.45. The van der Waals surface area contributed by atoms with Crippen molar-refractivity contribution in [1.29, 1.82) is 0 Å². The molecule has 0 aliphatic heterocycles. The van der Waals surface area contributed by atoms with Gasteiger partial charge in [-0.3, -0.25) is 4.79 Å². The Kier molecular flexibility index (Phi) is 6.67. The van der Waals surface area contributed by atoms with Crippen LogP contribution in [0.3, 0.4) is 0 Å². The van der Waals surface area contributed by atoms with Crippen LogP contribution in [0, 0.1) is 0 Å². The topological polar surface area (TPSA) is 77.5 Å². The smallest absolute Gasteiger partial charge is 0.343 e. The highest BCUT2D eigenvalue weighted by molar-refractivity contribution is 6.11. The van der Waals surface area contributed by atoms with Gasteiger partial charge in [0.25, 0.3) is 5.91 Å². The van der Waals surface area contributed by atoms with Gasteiger partial charge in [-0.25, -0.2) is 9.78 Å². The van der Waals surface area contributed by atoms with Gasteiger partial charge in [0.15, 0.2) is 0 Å². The Hall–Kier alpha value is -3.41. The lowest BCUT2D eigenvalue weighted by atomic mass is 9.79. The van der Waals surface area contributed by atoms with Crippen LogP contribution in [0.2, 0.25) is 0 Å². The van der Waals surface area contributed by atoms with E-state index in [0.29, 0.717) is 28.1 Å². The predicted molar refractivity (Wildman–Crippen MR) is 118 cm³/mol. The van der Waals surface area contributed by atoms with Gasteiger partial charge in [0.05, 0.1) is 24.9 Å². The van der Waals surface area contributed by atoms with E-state index < -0.39 is 5.97 Å². The van der Waals surface area contributed by atoms with Gasteiger partial charge in [0.1, 0.15) is 5.56 Å². The van der Waals surface area contributed by atoms with Crippen LogP contribution >= 0.6 is 0 Å². The second-order valence-corrected chi connectivity index (χ2v) is 7.01. The van der Waals surface area contributed by atoms with E-state index in [1.54, 1.807) is 25.1 Å². The van der Waals surface area contributed by atoms with Gasteiger partial charge in [-0.2, -0.15) is 0 Å². The first-order chi connectivity index (χ1) is 14.5. The molecule has 1 N–H and O–H groups in total. The molecule has 0 unspecified atom stereocenters. The zero-order valence-corrected chi connectivity index (χ0v) is 17.4. The number of ether oxygens (including phenoxy) is 2. The van der Waals surface area contributed by atoms with Crippen molar-refractivity contribution < 1.29 is 19.1 Å². The first-order valence-corrected chi connectivity index (χ1v) is 9.99. The molecule has 6 heteroatoms. The average molecular weight is 406 g/mol. The normalized spacial score (nSPS) is 14.0. The highest BCUT2D eigenvalue weighted by Gasteiger charge is 2.26. The van der Waals surface area contributed by atoms with Crippen molar-refractivity contribution in [3.8, 4) is 5.88 Å². The quantitative estimate of drug-likeness (QED) is 0.382. The maximum Gasteiger partial charge on any atom is 0.343 e. The molecule has 1 aromatic carbocycles. The SMILES string of the molecule is C=C/C=C(\C=C)C(=O)Nc1c(C2CCC2)ccc2cc(C(=O)OCC)c(OC)nc12. The molecule has 1 heterocycles. The van der Waals surface area contributed by atoms with Gasteiger partial charge in [0, 0.05) is 11.0 Å². The van der Waals surface area contributed by atoms with Crippen LogP contribution in [-0.4, -0.2) is 30.6 Å². The van der Waals surface area contributed by atoms with Gasteiger partial charge in [0.2, 0.25) is 5.88 Å². The maximum atomic E-state index is 12.8. The van der Waals surface area contributed by atoms with E-state index in [0.717, 1.165) is 24.8 Å². The molecule has 1 aromatic heterocycles. The van der Waals surface area contributed by atoms with Gasteiger partial charge in [-0.05, 0) is 37.3 Å². The third-order valence-electron chi connectivity index (χ3n) is 5.24. The zero-order chi connectivity index (χ0) is 21.7. The average Bonchev–Trinajstić information content (AvgIpc) is 2.71. The summed E-state index contributed by atoms with van der Waals surface area (Å²) in [4.78, 5) is 29.7. The molecule has 1 amide bonds. The largest absolute Gasteiger partial charge is 0.480 e. The first kappa shape index (κ1) is 21.3. The van der Waals surface area contributed by atoms with Crippen LogP contribution < -0.4 is 10.1 Å². The van der Waals surface area contributed by atoms with Crippen LogP contribution in [0.4, 0.5) is 5.69 Å². The minimum Gasteiger partial charge on any atom is -0.480 e. The molecule has 0 bridgehead atoms. The summed E-state index contributed by atoms with van der Waals surface area (Å²) in [5, 5.41) is 3.72. The number of methoxy groups -OCH3 is 1. The highest BCUT2D eigenvalue weighted by atomic mass is 16.5. The first-order valence-electron chi connectivity index (χ1n) is 9.99. The fourth-order valence-electron chi connectivity index (χ4n) is 3.49. The summed E-state index contributed by atoms with van der Waals surface area (Å²) in [6.45, 7) is 9.34. The minimum atomic E-state index is -0.500. The number of anilines is 1. The van der Waals surface area contributed by atoms with Crippen LogP contribution in [0.25, 0.3) is 10.9 Å². The molecule has 0 saturated heterocycles. The van der Waals surface area contributed by atoms with E-state index in [1.165, 1.54) is 13.2 Å². The van der Waals surface area contributed by atoms with Crippen molar-refractivity contribution in [3.63, 3.8) is 0 Å². The summed E-state index contributed by atoms with van der Waals surface area (Å²) in [6.07, 6.45) is 7.90. The van der Waals surface area contributed by atoms with Crippen LogP contribution in [0.15, 0.2) is 55.2 Å². The van der Waals surface area contributed by atoms with E-state index in [9.17, 15) is 9.59 Å². The monoisotopic (exact) mass is 406 g/mol. The summed E-state index contributed by atoms with van der Waals surface area (Å²) in [5.41, 5.74) is 2.88. The number of carbonyl (C=O) groups is 2. The predicted octanol–water partition coefficient (Wildman–Crippen LogP) is 4.92. The third-order valence-corrected chi connectivity index (χ3v) is 5.24. The van der Waals surface area contributed by atoms with Crippen molar-refractivity contribution >= 4 is 28.5 Å². The Morgan fingerprint density at radius 1 is 1.30 bits per heavy atom. The van der Waals surface area contributed by atoms with Gasteiger partial charge in [-0.1, -0.05) is 49.9 Å². The molecule has 1 aliphatic carbocycles. The second kappa shape index (κ2) is 9.39. The third kappa shape index (κ3) is 4.13. The van der Waals surface area contributed by atoms with Crippen molar-refractivity contribution in [2.45, 2.75) is 32.1 Å². The maximum absolute atomic E-state index is 12.8. The molecular weight excluding hydrogens is 380 g/mol. The molecule has 2 aromatic rings. The zero-order valence-electron chi connectivity index (χ0n) is 17.4. The number of pyridine rings is 1. The Morgan fingerprint density at radius 2 is 2.07 bits per heavy atom. The Labute approximate surface area is 176 Å². The molecule has 30 heavy (non-hydrogen) atoms. The van der Waals surface area contributed by atoms with E-state index in [2.05, 4.69) is 23.5 Å². The molecule has 1 saturated carbocycles. The number of amides is 1. The molecule has 0 radical (unpaired) electrons. The van der Waals surface area contributed by atoms with Gasteiger partial charge < -0.3 is 14.8 Å². The number of nitrogens with one attached hydrogen (secondary N) is 1. The van der Waals surface area contributed by atoms with E-state index in [1.807, 2.05) is 12.1 Å². The molecule has 0 spiro atoms. The number of nitrogens with zero attached hydrogens (tertiary/aromatic N) is 1. The lowest BCUT2D eigenvalue weighted by Gasteiger charge is -2.28. The number of fused-ring (bicyclic) bond motifs is 1. The number of carbonyl (C=O) groups excluding carboxylic acids is 2. The van der Waals surface area contributed by atoms with E-state index in [4.69, 9.17) is 9.47 Å². The summed E-state index contributed by atoms with van der Waals surface area (Å²) in [5.74, 6) is -0.279. The number of hydrogen-bond donors (Lipinski definition) is 1. The summed E-state index contributed by atoms with van der Waals surface area (Å²) in [6, 6.07) is 5.60. The van der Waals surface area contributed by atoms with E-state index >= 15 is 0 Å². The minimum absolute atomic E-state index is 0.160. The second-order valence-electron chi connectivity index (χ2n) is 7.01. The highest BCUT2D eigenvalue weighted by Crippen LogP contribution is 2.43. The number of rotatable bonds is 8. The van der Waals surface area contributed by atoms with Crippen molar-refractivity contribution in [2.24, 2.45) is 0 Å². The van der Waals surface area contributed by atoms with Gasteiger partial charge >= 0.3 is 5.97 Å².